The van der Waals surface area contributed by atoms with Crippen LogP contribution in [0.2, 0.25) is 0 Å². The summed E-state index contributed by atoms with van der Waals surface area (Å²) in [5, 5.41) is 3.74. The number of rotatable bonds is 1. The molecule has 6 heteroatoms. The van der Waals surface area contributed by atoms with Crippen LogP contribution in [0.5, 0.6) is 0 Å². The second-order valence-electron chi connectivity index (χ2n) is 9.55. The topological polar surface area (TPSA) is 32.3 Å². The molecule has 5 rings (SSSR count). The number of carbonyl (C=O) groups excluding carboxylic acids is 1. The molecular formula is C27H27F3N2O. The summed E-state index contributed by atoms with van der Waals surface area (Å²) < 4.78 is 38.2. The highest BCUT2D eigenvalue weighted by Crippen LogP contribution is 2.54. The van der Waals surface area contributed by atoms with Gasteiger partial charge < -0.3 is 10.2 Å². The van der Waals surface area contributed by atoms with Crippen LogP contribution >= 0.6 is 0 Å². The van der Waals surface area contributed by atoms with E-state index in [4.69, 9.17) is 0 Å². The molecule has 0 unspecified atom stereocenters. The Labute approximate surface area is 192 Å². The number of hydrogen-bond acceptors (Lipinski definition) is 2. The molecule has 0 aromatic heterocycles. The van der Waals surface area contributed by atoms with Crippen molar-refractivity contribution in [3.8, 4) is 11.8 Å². The number of benzene rings is 2. The minimum atomic E-state index is -4.39. The van der Waals surface area contributed by atoms with E-state index in [1.165, 1.54) is 48.9 Å². The van der Waals surface area contributed by atoms with Gasteiger partial charge in [-0.1, -0.05) is 24.8 Å². The van der Waals surface area contributed by atoms with Gasteiger partial charge in [0.05, 0.1) is 5.56 Å². The van der Waals surface area contributed by atoms with Gasteiger partial charge in [0.1, 0.15) is 0 Å². The predicted molar refractivity (Wildman–Crippen MR) is 122 cm³/mol. The van der Waals surface area contributed by atoms with Crippen LogP contribution in [0.1, 0.15) is 54.4 Å². The second-order valence-corrected chi connectivity index (χ2v) is 9.55. The molecular weight excluding hydrogens is 425 g/mol. The molecule has 1 amide bonds. The monoisotopic (exact) mass is 452 g/mol. The average Bonchev–Trinajstić information content (AvgIpc) is 2.81. The number of carbonyl (C=O) groups is 1. The lowest BCUT2D eigenvalue weighted by atomic mass is 9.53. The third-order valence-electron chi connectivity index (χ3n) is 7.85. The summed E-state index contributed by atoms with van der Waals surface area (Å²) in [5.41, 5.74) is 3.44. The number of fused-ring (bicyclic) bond motifs is 1. The Bertz CT molecular complexity index is 1120. The quantitative estimate of drug-likeness (QED) is 0.613. The molecule has 2 aromatic carbocycles. The van der Waals surface area contributed by atoms with Gasteiger partial charge in [-0.3, -0.25) is 4.79 Å². The molecule has 33 heavy (non-hydrogen) atoms. The highest BCUT2D eigenvalue weighted by molar-refractivity contribution is 6.05. The van der Waals surface area contributed by atoms with Crippen LogP contribution in [0.3, 0.4) is 0 Å². The average molecular weight is 453 g/mol. The van der Waals surface area contributed by atoms with Crippen molar-refractivity contribution in [2.45, 2.75) is 56.2 Å². The zero-order valence-corrected chi connectivity index (χ0v) is 18.6. The molecule has 0 spiro atoms. The Balaban J connectivity index is 1.39. The van der Waals surface area contributed by atoms with Crippen LogP contribution in [-0.4, -0.2) is 25.5 Å². The van der Waals surface area contributed by atoms with E-state index in [9.17, 15) is 18.0 Å². The van der Waals surface area contributed by atoms with Crippen molar-refractivity contribution < 1.29 is 18.0 Å². The number of halogens is 3. The number of hydrogen-bond donors (Lipinski definition) is 1. The van der Waals surface area contributed by atoms with Crippen LogP contribution in [0.15, 0.2) is 42.5 Å². The molecule has 0 radical (unpaired) electrons. The van der Waals surface area contributed by atoms with Crippen molar-refractivity contribution in [1.29, 1.82) is 0 Å². The van der Waals surface area contributed by atoms with Crippen LogP contribution in [0.4, 0.5) is 18.9 Å². The third kappa shape index (κ3) is 3.93. The summed E-state index contributed by atoms with van der Waals surface area (Å²) in [6.07, 6.45) is 2.79. The minimum Gasteiger partial charge on any atom is -0.313 e. The standard InChI is InChI=1S/C27H27F3N2O/c1-32(25(33)12-7-18-5-9-20(10-6-18)27(28,29)30)21-11-8-19-16-24-22-4-2-3-13-26(22,14-15-31-24)23(19)17-21/h5-6,8-11,17,22,24,31H,2-4,13-16H2,1H3/t22-,24+,26+/m0/s1. The number of nitrogens with zero attached hydrogens (tertiary/aromatic N) is 1. The maximum atomic E-state index is 12.8. The SMILES string of the molecule is CN(C(=O)C#Cc1ccc(C(F)(F)F)cc1)c1ccc2c(c1)[C@@]13CCCC[C@H]1[C@@H](C2)NCC3. The number of alkyl halides is 3. The fourth-order valence-electron chi connectivity index (χ4n) is 6.19. The fourth-order valence-corrected chi connectivity index (χ4v) is 6.19. The van der Waals surface area contributed by atoms with E-state index in [1.54, 1.807) is 11.9 Å². The molecule has 2 aromatic rings. The van der Waals surface area contributed by atoms with Gasteiger partial charge in [-0.15, -0.1) is 0 Å². The first kappa shape index (κ1) is 22.0. The van der Waals surface area contributed by atoms with Gasteiger partial charge in [-0.2, -0.15) is 13.2 Å². The van der Waals surface area contributed by atoms with E-state index in [-0.39, 0.29) is 11.3 Å². The summed E-state index contributed by atoms with van der Waals surface area (Å²) >= 11 is 0. The Morgan fingerprint density at radius 2 is 1.91 bits per heavy atom. The molecule has 1 saturated carbocycles. The van der Waals surface area contributed by atoms with Gasteiger partial charge >= 0.3 is 12.1 Å². The van der Waals surface area contributed by atoms with Crippen molar-refractivity contribution in [3.63, 3.8) is 0 Å². The van der Waals surface area contributed by atoms with Gasteiger partial charge in [-0.05, 0) is 85.7 Å². The molecule has 2 aliphatic carbocycles. The first-order valence-electron chi connectivity index (χ1n) is 11.6. The largest absolute Gasteiger partial charge is 0.416 e. The highest BCUT2D eigenvalue weighted by Gasteiger charge is 2.51. The van der Waals surface area contributed by atoms with Crippen molar-refractivity contribution in [2.75, 3.05) is 18.5 Å². The normalized spacial score (nSPS) is 25.8. The first-order valence-corrected chi connectivity index (χ1v) is 11.6. The number of nitrogens with one attached hydrogen (secondary N) is 1. The van der Waals surface area contributed by atoms with E-state index < -0.39 is 11.7 Å². The summed E-state index contributed by atoms with van der Waals surface area (Å²) in [6, 6.07) is 11.4. The Hall–Kier alpha value is -2.78. The van der Waals surface area contributed by atoms with E-state index >= 15 is 0 Å². The van der Waals surface area contributed by atoms with Gasteiger partial charge in [0.2, 0.25) is 0 Å². The zero-order valence-electron chi connectivity index (χ0n) is 18.6. The first-order chi connectivity index (χ1) is 15.8. The summed E-state index contributed by atoms with van der Waals surface area (Å²) in [5.74, 6) is 5.55. The van der Waals surface area contributed by atoms with Gasteiger partial charge in [0, 0.05) is 35.7 Å². The third-order valence-corrected chi connectivity index (χ3v) is 7.85. The van der Waals surface area contributed by atoms with E-state index in [0.717, 1.165) is 37.2 Å². The predicted octanol–water partition coefficient (Wildman–Crippen LogP) is 5.07. The van der Waals surface area contributed by atoms with Gasteiger partial charge in [-0.25, -0.2) is 0 Å². The van der Waals surface area contributed by atoms with Crippen molar-refractivity contribution in [3.05, 3.63) is 64.7 Å². The second kappa shape index (κ2) is 8.22. The smallest absolute Gasteiger partial charge is 0.313 e. The Morgan fingerprint density at radius 1 is 1.12 bits per heavy atom. The summed E-state index contributed by atoms with van der Waals surface area (Å²) in [6.45, 7) is 1.04. The van der Waals surface area contributed by atoms with Gasteiger partial charge in [0.15, 0.2) is 0 Å². The summed E-state index contributed by atoms with van der Waals surface area (Å²) in [7, 11) is 1.70. The minimum absolute atomic E-state index is 0.202. The number of anilines is 1. The van der Waals surface area contributed by atoms with Crippen molar-refractivity contribution >= 4 is 11.6 Å². The Kier molecular flexibility index (Phi) is 5.49. The van der Waals surface area contributed by atoms with Gasteiger partial charge in [0.25, 0.3) is 0 Å². The molecule has 1 saturated heterocycles. The van der Waals surface area contributed by atoms with Crippen LogP contribution in [0, 0.1) is 17.8 Å². The van der Waals surface area contributed by atoms with E-state index in [0.29, 0.717) is 17.5 Å². The maximum absolute atomic E-state index is 12.8. The Morgan fingerprint density at radius 3 is 2.67 bits per heavy atom. The molecule has 2 fully saturated rings. The lowest BCUT2D eigenvalue weighted by molar-refractivity contribution is -0.137. The molecule has 3 aliphatic rings. The number of piperidine rings is 1. The highest BCUT2D eigenvalue weighted by atomic mass is 19.4. The molecule has 1 aliphatic heterocycles. The van der Waals surface area contributed by atoms with Crippen LogP contribution < -0.4 is 10.2 Å². The van der Waals surface area contributed by atoms with E-state index in [2.05, 4.69) is 29.3 Å². The lowest BCUT2D eigenvalue weighted by Gasteiger charge is -2.56. The van der Waals surface area contributed by atoms with E-state index in [1.807, 2.05) is 6.07 Å². The molecule has 172 valence electrons. The van der Waals surface area contributed by atoms with Crippen LogP contribution in [-0.2, 0) is 22.8 Å². The van der Waals surface area contributed by atoms with Crippen LogP contribution in [0.25, 0.3) is 0 Å². The lowest BCUT2D eigenvalue weighted by Crippen LogP contribution is -2.59. The van der Waals surface area contributed by atoms with Crippen molar-refractivity contribution in [2.24, 2.45) is 5.92 Å². The maximum Gasteiger partial charge on any atom is 0.416 e. The number of amides is 1. The molecule has 3 atom stereocenters. The fraction of sp³-hybridized carbons (Fsp3) is 0.444. The zero-order chi connectivity index (χ0) is 23.2. The molecule has 2 bridgehead atoms. The molecule has 1 heterocycles. The molecule has 3 nitrogen and oxygen atoms in total. The van der Waals surface area contributed by atoms with Crippen molar-refractivity contribution in [1.82, 2.24) is 5.32 Å². The summed E-state index contributed by atoms with van der Waals surface area (Å²) in [4.78, 5) is 14.3. The molecule has 1 N–H and O–H groups in total.